The first kappa shape index (κ1) is 17.3. The Bertz CT molecular complexity index is 629. The Morgan fingerprint density at radius 2 is 1.87 bits per heavy atom. The zero-order valence-electron chi connectivity index (χ0n) is 13.1. The Labute approximate surface area is 145 Å². The first-order chi connectivity index (χ1) is 11.2. The van der Waals surface area contributed by atoms with Gasteiger partial charge < -0.3 is 15.4 Å². The van der Waals surface area contributed by atoms with Gasteiger partial charge in [0.15, 0.2) is 0 Å². The highest BCUT2D eigenvalue weighted by molar-refractivity contribution is 9.10. The molecule has 0 heterocycles. The molecule has 23 heavy (non-hydrogen) atoms. The van der Waals surface area contributed by atoms with Crippen LogP contribution in [0.3, 0.4) is 0 Å². The Balaban J connectivity index is 1.79. The maximum atomic E-state index is 12.0. The lowest BCUT2D eigenvalue weighted by Gasteiger charge is -2.10. The predicted octanol–water partition coefficient (Wildman–Crippen LogP) is 4.68. The molecule has 0 radical (unpaired) electrons. The molecule has 5 heteroatoms. The van der Waals surface area contributed by atoms with Crippen molar-refractivity contribution in [2.45, 2.75) is 19.8 Å². The van der Waals surface area contributed by atoms with Crippen LogP contribution in [0.1, 0.15) is 19.8 Å². The van der Waals surface area contributed by atoms with E-state index in [1.54, 1.807) is 0 Å². The highest BCUT2D eigenvalue weighted by atomic mass is 79.9. The lowest BCUT2D eigenvalue weighted by molar-refractivity contribution is -0.114. The zero-order chi connectivity index (χ0) is 16.5. The average Bonchev–Trinajstić information content (AvgIpc) is 2.56. The van der Waals surface area contributed by atoms with Gasteiger partial charge in [0.1, 0.15) is 5.75 Å². The molecule has 0 saturated heterocycles. The molecule has 1 amide bonds. The van der Waals surface area contributed by atoms with Crippen LogP contribution in [0.25, 0.3) is 0 Å². The van der Waals surface area contributed by atoms with Crippen molar-refractivity contribution in [3.8, 4) is 5.75 Å². The maximum Gasteiger partial charge on any atom is 0.243 e. The molecule has 122 valence electrons. The number of nitrogens with one attached hydrogen (secondary N) is 2. The normalized spacial score (nSPS) is 10.2. The number of halogens is 1. The molecule has 0 aromatic heterocycles. The van der Waals surface area contributed by atoms with Crippen molar-refractivity contribution < 1.29 is 9.53 Å². The number of ether oxygens (including phenoxy) is 1. The summed E-state index contributed by atoms with van der Waals surface area (Å²) in [7, 11) is 0. The number of rotatable bonds is 8. The molecule has 4 nitrogen and oxygen atoms in total. The summed E-state index contributed by atoms with van der Waals surface area (Å²) >= 11 is 3.41. The van der Waals surface area contributed by atoms with Gasteiger partial charge in [-0.2, -0.15) is 0 Å². The van der Waals surface area contributed by atoms with Crippen LogP contribution in [0.2, 0.25) is 0 Å². The van der Waals surface area contributed by atoms with Gasteiger partial charge in [0.25, 0.3) is 0 Å². The smallest absolute Gasteiger partial charge is 0.243 e. The van der Waals surface area contributed by atoms with Gasteiger partial charge in [-0.05, 0) is 58.7 Å². The van der Waals surface area contributed by atoms with E-state index in [2.05, 4.69) is 33.5 Å². The molecule has 0 bridgehead atoms. The van der Waals surface area contributed by atoms with Crippen LogP contribution in [0.15, 0.2) is 53.0 Å². The fourth-order valence-corrected chi connectivity index (χ4v) is 2.33. The molecular weight excluding hydrogens is 356 g/mol. The summed E-state index contributed by atoms with van der Waals surface area (Å²) in [5, 5.41) is 5.95. The fraction of sp³-hybridized carbons (Fsp3) is 0.278. The molecule has 0 spiro atoms. The molecule has 2 aromatic carbocycles. The summed E-state index contributed by atoms with van der Waals surface area (Å²) < 4.78 is 6.47. The van der Waals surface area contributed by atoms with Crippen molar-refractivity contribution in [3.63, 3.8) is 0 Å². The minimum Gasteiger partial charge on any atom is -0.494 e. The third kappa shape index (κ3) is 5.94. The molecule has 0 aliphatic heterocycles. The number of hydrogen-bond donors (Lipinski definition) is 2. The molecule has 0 saturated carbocycles. The first-order valence-electron chi connectivity index (χ1n) is 7.70. The van der Waals surface area contributed by atoms with E-state index < -0.39 is 0 Å². The number of hydrogen-bond acceptors (Lipinski definition) is 3. The summed E-state index contributed by atoms with van der Waals surface area (Å²) in [6.45, 7) is 3.07. The summed E-state index contributed by atoms with van der Waals surface area (Å²) in [6, 6.07) is 15.2. The van der Waals surface area contributed by atoms with Gasteiger partial charge >= 0.3 is 0 Å². The number of carbonyl (C=O) groups excluding carboxylic acids is 1. The number of unbranched alkanes of at least 4 members (excludes halogenated alkanes) is 1. The minimum atomic E-state index is -0.0971. The second-order valence-corrected chi connectivity index (χ2v) is 5.96. The Morgan fingerprint density at radius 1 is 1.13 bits per heavy atom. The first-order valence-corrected chi connectivity index (χ1v) is 8.49. The van der Waals surface area contributed by atoms with Crippen molar-refractivity contribution in [2.24, 2.45) is 0 Å². The SMILES string of the molecule is CCCCOc1ccc(NCC(=O)Nc2ccccc2Br)cc1. The summed E-state index contributed by atoms with van der Waals surface area (Å²) in [5.74, 6) is 0.752. The topological polar surface area (TPSA) is 50.4 Å². The van der Waals surface area contributed by atoms with E-state index in [0.29, 0.717) is 0 Å². The van der Waals surface area contributed by atoms with Crippen molar-refractivity contribution >= 4 is 33.2 Å². The highest BCUT2D eigenvalue weighted by Gasteiger charge is 2.05. The Morgan fingerprint density at radius 3 is 2.57 bits per heavy atom. The van der Waals surface area contributed by atoms with E-state index in [4.69, 9.17) is 4.74 Å². The molecule has 2 aromatic rings. The van der Waals surface area contributed by atoms with Gasteiger partial charge in [0, 0.05) is 10.2 Å². The van der Waals surface area contributed by atoms with E-state index in [9.17, 15) is 4.79 Å². The molecule has 2 rings (SSSR count). The third-order valence-corrected chi connectivity index (χ3v) is 3.91. The molecule has 0 aliphatic carbocycles. The molecule has 2 N–H and O–H groups in total. The van der Waals surface area contributed by atoms with Crippen molar-refractivity contribution in [3.05, 3.63) is 53.0 Å². The van der Waals surface area contributed by atoms with E-state index in [1.807, 2.05) is 48.5 Å². The number of benzene rings is 2. The summed E-state index contributed by atoms with van der Waals surface area (Å²) in [5.41, 5.74) is 1.65. The number of amides is 1. The third-order valence-electron chi connectivity index (χ3n) is 3.22. The fourth-order valence-electron chi connectivity index (χ4n) is 1.94. The van der Waals surface area contributed by atoms with Crippen LogP contribution in [-0.4, -0.2) is 19.1 Å². The van der Waals surface area contributed by atoms with E-state index in [-0.39, 0.29) is 12.5 Å². The largest absolute Gasteiger partial charge is 0.494 e. The molecule has 0 atom stereocenters. The number of carbonyl (C=O) groups is 1. The summed E-state index contributed by atoms with van der Waals surface area (Å²) in [4.78, 5) is 12.0. The molecule has 0 fully saturated rings. The standard InChI is InChI=1S/C18H21BrN2O2/c1-2-3-12-23-15-10-8-14(9-11-15)20-13-18(22)21-17-7-5-4-6-16(17)19/h4-11,20H,2-3,12-13H2,1H3,(H,21,22). The monoisotopic (exact) mass is 376 g/mol. The van der Waals surface area contributed by atoms with Crippen LogP contribution >= 0.6 is 15.9 Å². The van der Waals surface area contributed by atoms with Crippen molar-refractivity contribution in [1.29, 1.82) is 0 Å². The Hall–Kier alpha value is -2.01. The molecular formula is C18H21BrN2O2. The van der Waals surface area contributed by atoms with Gasteiger partial charge in [-0.3, -0.25) is 4.79 Å². The van der Waals surface area contributed by atoms with Gasteiger partial charge in [0.2, 0.25) is 5.91 Å². The van der Waals surface area contributed by atoms with Crippen LogP contribution < -0.4 is 15.4 Å². The minimum absolute atomic E-state index is 0.0971. The highest BCUT2D eigenvalue weighted by Crippen LogP contribution is 2.21. The number of anilines is 2. The molecule has 0 aliphatic rings. The van der Waals surface area contributed by atoms with Crippen molar-refractivity contribution in [2.75, 3.05) is 23.8 Å². The molecule has 0 unspecified atom stereocenters. The quantitative estimate of drug-likeness (QED) is 0.657. The van der Waals surface area contributed by atoms with E-state index in [0.717, 1.165) is 41.0 Å². The van der Waals surface area contributed by atoms with Crippen molar-refractivity contribution in [1.82, 2.24) is 0 Å². The zero-order valence-corrected chi connectivity index (χ0v) is 14.7. The van der Waals surface area contributed by atoms with Gasteiger partial charge in [-0.15, -0.1) is 0 Å². The van der Waals surface area contributed by atoms with Crippen LogP contribution in [0.5, 0.6) is 5.75 Å². The predicted molar refractivity (Wildman–Crippen MR) is 98.1 cm³/mol. The van der Waals surface area contributed by atoms with Crippen LogP contribution in [0, 0.1) is 0 Å². The average molecular weight is 377 g/mol. The van der Waals surface area contributed by atoms with Gasteiger partial charge in [0.05, 0.1) is 18.8 Å². The van der Waals surface area contributed by atoms with E-state index in [1.165, 1.54) is 0 Å². The lowest BCUT2D eigenvalue weighted by atomic mass is 10.3. The van der Waals surface area contributed by atoms with E-state index >= 15 is 0 Å². The number of para-hydroxylation sites is 1. The van der Waals surface area contributed by atoms with Gasteiger partial charge in [-0.1, -0.05) is 25.5 Å². The summed E-state index contributed by atoms with van der Waals surface area (Å²) in [6.07, 6.45) is 2.17. The maximum absolute atomic E-state index is 12.0. The van der Waals surface area contributed by atoms with Gasteiger partial charge in [-0.25, -0.2) is 0 Å². The second-order valence-electron chi connectivity index (χ2n) is 5.11. The second kappa shape index (κ2) is 9.20. The van der Waals surface area contributed by atoms with Crippen LogP contribution in [-0.2, 0) is 4.79 Å². The lowest BCUT2D eigenvalue weighted by Crippen LogP contribution is -2.21. The Kier molecular flexibility index (Phi) is 6.94. The van der Waals surface area contributed by atoms with Crippen LogP contribution in [0.4, 0.5) is 11.4 Å².